The van der Waals surface area contributed by atoms with Crippen LogP contribution in [0.4, 0.5) is 0 Å². The second-order valence-corrected chi connectivity index (χ2v) is 5.10. The molecular weight excluding hydrogens is 210 g/mol. The zero-order valence-electron chi connectivity index (χ0n) is 12.1. The molecule has 0 saturated heterocycles. The van der Waals surface area contributed by atoms with E-state index < -0.39 is 0 Å². The lowest BCUT2D eigenvalue weighted by Gasteiger charge is -2.19. The highest BCUT2D eigenvalue weighted by Gasteiger charge is 2.05. The Kier molecular flexibility index (Phi) is 11.8. The number of carbonyl (C=O) groups excluding carboxylic acids is 1. The van der Waals surface area contributed by atoms with Crippen LogP contribution in [-0.4, -0.2) is 30.3 Å². The van der Waals surface area contributed by atoms with E-state index in [2.05, 4.69) is 18.7 Å². The Morgan fingerprint density at radius 3 is 1.94 bits per heavy atom. The summed E-state index contributed by atoms with van der Waals surface area (Å²) in [5.41, 5.74) is 0. The van der Waals surface area contributed by atoms with Crippen LogP contribution in [0, 0.1) is 0 Å². The molecule has 0 aromatic heterocycles. The van der Waals surface area contributed by atoms with Crippen molar-refractivity contribution >= 4 is 5.78 Å². The molecule has 0 aliphatic heterocycles. The summed E-state index contributed by atoms with van der Waals surface area (Å²) < 4.78 is 0. The number of rotatable bonds is 12. The summed E-state index contributed by atoms with van der Waals surface area (Å²) >= 11 is 0. The van der Waals surface area contributed by atoms with Crippen LogP contribution in [0.25, 0.3) is 0 Å². The van der Waals surface area contributed by atoms with E-state index >= 15 is 0 Å². The van der Waals surface area contributed by atoms with Crippen molar-refractivity contribution in [1.29, 1.82) is 0 Å². The van der Waals surface area contributed by atoms with Crippen LogP contribution in [-0.2, 0) is 4.79 Å². The number of ketones is 1. The first-order chi connectivity index (χ1) is 8.20. The lowest BCUT2D eigenvalue weighted by molar-refractivity contribution is -0.118. The predicted octanol–water partition coefficient (Wildman–Crippen LogP) is 4.04. The van der Waals surface area contributed by atoms with E-state index in [-0.39, 0.29) is 0 Å². The third-order valence-electron chi connectivity index (χ3n) is 3.06. The molecule has 2 heteroatoms. The van der Waals surface area contributed by atoms with E-state index in [1.807, 2.05) is 0 Å². The smallest absolute Gasteiger partial charge is 0.143 e. The molecule has 0 heterocycles. The van der Waals surface area contributed by atoms with Gasteiger partial charge in [0.1, 0.15) is 5.78 Å². The van der Waals surface area contributed by atoms with Gasteiger partial charge in [0.05, 0.1) is 6.54 Å². The van der Waals surface area contributed by atoms with Crippen molar-refractivity contribution in [2.45, 2.75) is 72.1 Å². The fourth-order valence-corrected chi connectivity index (χ4v) is 2.19. The van der Waals surface area contributed by atoms with Gasteiger partial charge >= 0.3 is 0 Å². The molecule has 0 saturated carbocycles. The normalized spacial score (nSPS) is 11.1. The lowest BCUT2D eigenvalue weighted by Crippen LogP contribution is -2.30. The summed E-state index contributed by atoms with van der Waals surface area (Å²) in [5, 5.41) is 0. The molecule has 0 rings (SSSR count). The molecule has 0 aromatic rings. The van der Waals surface area contributed by atoms with Gasteiger partial charge in [0.25, 0.3) is 0 Å². The SMILES string of the molecule is CCCCCCCCCN(CCC)CC(C)=O. The van der Waals surface area contributed by atoms with Gasteiger partial charge in [-0.3, -0.25) is 9.69 Å². The minimum atomic E-state index is 0.293. The van der Waals surface area contributed by atoms with E-state index in [1.165, 1.54) is 44.9 Å². The topological polar surface area (TPSA) is 20.3 Å². The third-order valence-corrected chi connectivity index (χ3v) is 3.06. The Hall–Kier alpha value is -0.370. The number of hydrogen-bond acceptors (Lipinski definition) is 2. The van der Waals surface area contributed by atoms with Crippen LogP contribution in [0.15, 0.2) is 0 Å². The highest BCUT2D eigenvalue weighted by Crippen LogP contribution is 2.07. The summed E-state index contributed by atoms with van der Waals surface area (Å²) in [7, 11) is 0. The molecule has 102 valence electrons. The van der Waals surface area contributed by atoms with Crippen LogP contribution >= 0.6 is 0 Å². The number of hydrogen-bond donors (Lipinski definition) is 0. The van der Waals surface area contributed by atoms with E-state index in [0.717, 1.165) is 19.5 Å². The molecule has 0 aliphatic carbocycles. The van der Waals surface area contributed by atoms with Crippen molar-refractivity contribution in [3.8, 4) is 0 Å². The molecule has 0 aliphatic rings. The largest absolute Gasteiger partial charge is 0.299 e. The van der Waals surface area contributed by atoms with Crippen LogP contribution in [0.5, 0.6) is 0 Å². The number of nitrogens with zero attached hydrogens (tertiary/aromatic N) is 1. The first-order valence-electron chi connectivity index (χ1n) is 7.42. The average Bonchev–Trinajstić information content (AvgIpc) is 2.27. The molecular formula is C15H31NO. The second-order valence-electron chi connectivity index (χ2n) is 5.10. The highest BCUT2D eigenvalue weighted by atomic mass is 16.1. The van der Waals surface area contributed by atoms with E-state index in [4.69, 9.17) is 0 Å². The second kappa shape index (κ2) is 12.1. The monoisotopic (exact) mass is 241 g/mol. The summed E-state index contributed by atoms with van der Waals surface area (Å²) in [4.78, 5) is 13.4. The fraction of sp³-hybridized carbons (Fsp3) is 0.933. The maximum Gasteiger partial charge on any atom is 0.143 e. The van der Waals surface area contributed by atoms with Gasteiger partial charge in [0.15, 0.2) is 0 Å². The zero-order valence-corrected chi connectivity index (χ0v) is 12.1. The Balaban J connectivity index is 3.43. The Labute approximate surface area is 108 Å². The van der Waals surface area contributed by atoms with Crippen molar-refractivity contribution in [1.82, 2.24) is 4.90 Å². The molecule has 0 aromatic carbocycles. The first kappa shape index (κ1) is 16.6. The predicted molar refractivity (Wildman–Crippen MR) is 75.4 cm³/mol. The van der Waals surface area contributed by atoms with E-state index in [9.17, 15) is 4.79 Å². The van der Waals surface area contributed by atoms with Gasteiger partial charge in [-0.25, -0.2) is 0 Å². The highest BCUT2D eigenvalue weighted by molar-refractivity contribution is 5.77. The minimum absolute atomic E-state index is 0.293. The molecule has 0 radical (unpaired) electrons. The Bertz CT molecular complexity index is 180. The molecule has 0 amide bonds. The number of Topliss-reactive ketones (excluding diaryl/α,β-unsaturated/α-hetero) is 1. The molecule has 0 spiro atoms. The Morgan fingerprint density at radius 2 is 1.41 bits per heavy atom. The maximum atomic E-state index is 11.1. The fourth-order valence-electron chi connectivity index (χ4n) is 2.19. The average molecular weight is 241 g/mol. The van der Waals surface area contributed by atoms with Gasteiger partial charge in [-0.1, -0.05) is 52.4 Å². The van der Waals surface area contributed by atoms with Gasteiger partial charge in [0.2, 0.25) is 0 Å². The first-order valence-corrected chi connectivity index (χ1v) is 7.42. The van der Waals surface area contributed by atoms with Gasteiger partial charge in [-0.05, 0) is 32.9 Å². The zero-order chi connectivity index (χ0) is 12.9. The van der Waals surface area contributed by atoms with Crippen molar-refractivity contribution < 1.29 is 4.79 Å². The van der Waals surface area contributed by atoms with Gasteiger partial charge in [-0.2, -0.15) is 0 Å². The molecule has 0 fully saturated rings. The molecule has 0 bridgehead atoms. The Morgan fingerprint density at radius 1 is 0.824 bits per heavy atom. The van der Waals surface area contributed by atoms with Crippen LogP contribution < -0.4 is 0 Å². The van der Waals surface area contributed by atoms with Gasteiger partial charge < -0.3 is 0 Å². The van der Waals surface area contributed by atoms with Crippen molar-refractivity contribution in [2.24, 2.45) is 0 Å². The van der Waals surface area contributed by atoms with E-state index in [0.29, 0.717) is 12.3 Å². The quantitative estimate of drug-likeness (QED) is 0.481. The van der Waals surface area contributed by atoms with Gasteiger partial charge in [-0.15, -0.1) is 0 Å². The summed E-state index contributed by atoms with van der Waals surface area (Å²) in [6, 6.07) is 0. The van der Waals surface area contributed by atoms with Crippen LogP contribution in [0.1, 0.15) is 72.1 Å². The van der Waals surface area contributed by atoms with Crippen LogP contribution in [0.3, 0.4) is 0 Å². The van der Waals surface area contributed by atoms with E-state index in [1.54, 1.807) is 6.92 Å². The lowest BCUT2D eigenvalue weighted by atomic mass is 10.1. The summed E-state index contributed by atoms with van der Waals surface area (Å²) in [6.45, 7) is 8.93. The molecule has 2 nitrogen and oxygen atoms in total. The standard InChI is InChI=1S/C15H31NO/c1-4-6-7-8-9-10-11-13-16(12-5-2)14-15(3)17/h4-14H2,1-3H3. The van der Waals surface area contributed by atoms with Crippen molar-refractivity contribution in [3.63, 3.8) is 0 Å². The maximum absolute atomic E-state index is 11.1. The van der Waals surface area contributed by atoms with Gasteiger partial charge in [0, 0.05) is 0 Å². The summed E-state index contributed by atoms with van der Waals surface area (Å²) in [6.07, 6.45) is 10.6. The number of carbonyl (C=O) groups is 1. The molecule has 17 heavy (non-hydrogen) atoms. The minimum Gasteiger partial charge on any atom is -0.299 e. The van der Waals surface area contributed by atoms with Crippen molar-refractivity contribution in [3.05, 3.63) is 0 Å². The summed E-state index contributed by atoms with van der Waals surface area (Å²) in [5.74, 6) is 0.293. The third kappa shape index (κ3) is 11.9. The van der Waals surface area contributed by atoms with Crippen molar-refractivity contribution in [2.75, 3.05) is 19.6 Å². The molecule has 0 unspecified atom stereocenters. The molecule has 0 atom stereocenters. The molecule has 0 N–H and O–H groups in total. The van der Waals surface area contributed by atoms with Crippen LogP contribution in [0.2, 0.25) is 0 Å². The number of unbranched alkanes of at least 4 members (excludes halogenated alkanes) is 6.